The van der Waals surface area contributed by atoms with Crippen molar-refractivity contribution in [3.63, 3.8) is 0 Å². The molecule has 0 radical (unpaired) electrons. The van der Waals surface area contributed by atoms with E-state index in [-0.39, 0.29) is 11.8 Å². The SMILES string of the molecule is O=CCC1(O)C2CCC1Cc1ccccc1C2. The van der Waals surface area contributed by atoms with Crippen LogP contribution in [-0.4, -0.2) is 17.0 Å². The highest BCUT2D eigenvalue weighted by Crippen LogP contribution is 2.48. The second-order valence-corrected chi connectivity index (χ2v) is 5.51. The molecule has 1 fully saturated rings. The lowest BCUT2D eigenvalue weighted by molar-refractivity contribution is -0.116. The highest BCUT2D eigenvalue weighted by atomic mass is 16.3. The van der Waals surface area contributed by atoms with Gasteiger partial charge in [-0.2, -0.15) is 0 Å². The van der Waals surface area contributed by atoms with Crippen LogP contribution in [-0.2, 0) is 17.6 Å². The first-order chi connectivity index (χ1) is 8.24. The standard InChI is InChI=1S/C15H18O2/c16-8-7-15(17)13-5-6-14(15)10-12-4-2-1-3-11(12)9-13/h1-4,8,13-14,17H,5-7,9-10H2. The van der Waals surface area contributed by atoms with E-state index in [0.717, 1.165) is 32.0 Å². The average molecular weight is 230 g/mol. The number of carbonyl (C=O) groups is 1. The number of benzene rings is 1. The monoisotopic (exact) mass is 230 g/mol. The molecule has 2 heteroatoms. The van der Waals surface area contributed by atoms with Crippen LogP contribution < -0.4 is 0 Å². The van der Waals surface area contributed by atoms with E-state index in [4.69, 9.17) is 0 Å². The average Bonchev–Trinajstić information content (AvgIpc) is 2.52. The summed E-state index contributed by atoms with van der Waals surface area (Å²) in [7, 11) is 0. The number of fused-ring (bicyclic) bond motifs is 3. The minimum Gasteiger partial charge on any atom is -0.389 e. The van der Waals surface area contributed by atoms with Crippen molar-refractivity contribution in [1.82, 2.24) is 0 Å². The Morgan fingerprint density at radius 1 is 1.18 bits per heavy atom. The van der Waals surface area contributed by atoms with Crippen molar-refractivity contribution >= 4 is 6.29 Å². The van der Waals surface area contributed by atoms with E-state index < -0.39 is 5.60 Å². The fourth-order valence-corrected chi connectivity index (χ4v) is 3.75. The number of aldehydes is 1. The molecule has 1 aromatic carbocycles. The summed E-state index contributed by atoms with van der Waals surface area (Å²) in [5.41, 5.74) is 1.98. The Morgan fingerprint density at radius 2 is 1.71 bits per heavy atom. The third kappa shape index (κ3) is 1.62. The molecule has 2 nitrogen and oxygen atoms in total. The van der Waals surface area contributed by atoms with Crippen molar-refractivity contribution in [2.45, 2.75) is 37.7 Å². The van der Waals surface area contributed by atoms with Gasteiger partial charge in [-0.3, -0.25) is 0 Å². The van der Waals surface area contributed by atoms with Gasteiger partial charge in [-0.1, -0.05) is 24.3 Å². The van der Waals surface area contributed by atoms with Gasteiger partial charge in [0.1, 0.15) is 6.29 Å². The lowest BCUT2D eigenvalue weighted by Gasteiger charge is -2.31. The fraction of sp³-hybridized carbons (Fsp3) is 0.533. The molecule has 1 N–H and O–H groups in total. The quantitative estimate of drug-likeness (QED) is 0.790. The Labute approximate surface area is 102 Å². The third-order valence-electron chi connectivity index (χ3n) is 4.74. The summed E-state index contributed by atoms with van der Waals surface area (Å²) in [6.45, 7) is 0. The number of hydrogen-bond acceptors (Lipinski definition) is 2. The molecule has 0 saturated heterocycles. The van der Waals surface area contributed by atoms with Gasteiger partial charge >= 0.3 is 0 Å². The van der Waals surface area contributed by atoms with Crippen LogP contribution in [0.25, 0.3) is 0 Å². The predicted molar refractivity (Wildman–Crippen MR) is 65.7 cm³/mol. The Kier molecular flexibility index (Phi) is 2.55. The molecule has 2 bridgehead atoms. The first kappa shape index (κ1) is 11.0. The third-order valence-corrected chi connectivity index (χ3v) is 4.74. The second-order valence-electron chi connectivity index (χ2n) is 5.51. The minimum atomic E-state index is -0.749. The Bertz CT molecular complexity index is 405. The van der Waals surface area contributed by atoms with E-state index >= 15 is 0 Å². The number of aliphatic hydroxyl groups is 1. The van der Waals surface area contributed by atoms with Crippen molar-refractivity contribution in [2.24, 2.45) is 11.8 Å². The molecule has 0 aromatic heterocycles. The van der Waals surface area contributed by atoms with Crippen LogP contribution in [0.15, 0.2) is 24.3 Å². The largest absolute Gasteiger partial charge is 0.389 e. The van der Waals surface area contributed by atoms with Crippen LogP contribution in [0.2, 0.25) is 0 Å². The smallest absolute Gasteiger partial charge is 0.122 e. The van der Waals surface area contributed by atoms with Gasteiger partial charge in [-0.05, 0) is 48.6 Å². The van der Waals surface area contributed by atoms with Gasteiger partial charge in [0.15, 0.2) is 0 Å². The first-order valence-corrected chi connectivity index (χ1v) is 6.47. The molecule has 2 aliphatic carbocycles. The van der Waals surface area contributed by atoms with E-state index in [1.54, 1.807) is 0 Å². The van der Waals surface area contributed by atoms with E-state index in [2.05, 4.69) is 24.3 Å². The van der Waals surface area contributed by atoms with Gasteiger partial charge < -0.3 is 9.90 Å². The van der Waals surface area contributed by atoms with E-state index in [9.17, 15) is 9.90 Å². The zero-order valence-corrected chi connectivity index (χ0v) is 9.93. The van der Waals surface area contributed by atoms with Crippen molar-refractivity contribution in [1.29, 1.82) is 0 Å². The fourth-order valence-electron chi connectivity index (χ4n) is 3.75. The second kappa shape index (κ2) is 3.95. The molecule has 17 heavy (non-hydrogen) atoms. The number of rotatable bonds is 2. The van der Waals surface area contributed by atoms with E-state index in [1.165, 1.54) is 11.1 Å². The molecule has 90 valence electrons. The highest BCUT2D eigenvalue weighted by molar-refractivity contribution is 5.52. The summed E-state index contributed by atoms with van der Waals surface area (Å²) in [4.78, 5) is 10.8. The summed E-state index contributed by atoms with van der Waals surface area (Å²) >= 11 is 0. The maximum Gasteiger partial charge on any atom is 0.122 e. The molecule has 1 aromatic rings. The molecular weight excluding hydrogens is 212 g/mol. The van der Waals surface area contributed by atoms with Crippen LogP contribution in [0, 0.1) is 11.8 Å². The van der Waals surface area contributed by atoms with Crippen LogP contribution >= 0.6 is 0 Å². The van der Waals surface area contributed by atoms with Gasteiger partial charge in [-0.25, -0.2) is 0 Å². The molecular formula is C15H18O2. The summed E-state index contributed by atoms with van der Waals surface area (Å²) in [6.07, 6.45) is 5.17. The Balaban J connectivity index is 2.00. The first-order valence-electron chi connectivity index (χ1n) is 6.47. The zero-order chi connectivity index (χ0) is 11.9. The molecule has 2 aliphatic rings. The molecule has 3 rings (SSSR count). The van der Waals surface area contributed by atoms with Crippen molar-refractivity contribution in [3.8, 4) is 0 Å². The lowest BCUT2D eigenvalue weighted by Crippen LogP contribution is -2.40. The van der Waals surface area contributed by atoms with E-state index in [1.807, 2.05) is 0 Å². The molecule has 0 spiro atoms. The summed E-state index contributed by atoms with van der Waals surface area (Å²) < 4.78 is 0. The van der Waals surface area contributed by atoms with Gasteiger partial charge in [0.05, 0.1) is 5.60 Å². The normalized spacial score (nSPS) is 35.1. The van der Waals surface area contributed by atoms with Crippen LogP contribution in [0.4, 0.5) is 0 Å². The molecule has 2 unspecified atom stereocenters. The van der Waals surface area contributed by atoms with Crippen LogP contribution in [0.5, 0.6) is 0 Å². The molecule has 0 aliphatic heterocycles. The summed E-state index contributed by atoms with van der Waals surface area (Å²) in [5.74, 6) is 0.530. The highest BCUT2D eigenvalue weighted by Gasteiger charge is 2.49. The van der Waals surface area contributed by atoms with Gasteiger partial charge in [0.25, 0.3) is 0 Å². The van der Waals surface area contributed by atoms with Crippen molar-refractivity contribution in [3.05, 3.63) is 35.4 Å². The van der Waals surface area contributed by atoms with Gasteiger partial charge in [0, 0.05) is 6.42 Å². The summed E-state index contributed by atoms with van der Waals surface area (Å²) in [6, 6.07) is 8.46. The molecule has 0 amide bonds. The lowest BCUT2D eigenvalue weighted by atomic mass is 9.80. The molecule has 2 atom stereocenters. The molecule has 1 saturated carbocycles. The summed E-state index contributed by atoms with van der Waals surface area (Å²) in [5, 5.41) is 10.8. The number of carbonyl (C=O) groups excluding carboxylic acids is 1. The Hall–Kier alpha value is -1.15. The van der Waals surface area contributed by atoms with Gasteiger partial charge in [0.2, 0.25) is 0 Å². The minimum absolute atomic E-state index is 0.265. The topological polar surface area (TPSA) is 37.3 Å². The Morgan fingerprint density at radius 3 is 2.18 bits per heavy atom. The number of hydrogen-bond donors (Lipinski definition) is 1. The zero-order valence-electron chi connectivity index (χ0n) is 9.93. The van der Waals surface area contributed by atoms with Crippen molar-refractivity contribution < 1.29 is 9.90 Å². The maximum absolute atomic E-state index is 10.8. The molecule has 0 heterocycles. The van der Waals surface area contributed by atoms with Gasteiger partial charge in [-0.15, -0.1) is 0 Å². The van der Waals surface area contributed by atoms with Crippen LogP contribution in [0.1, 0.15) is 30.4 Å². The van der Waals surface area contributed by atoms with Crippen molar-refractivity contribution in [2.75, 3.05) is 0 Å². The van der Waals surface area contributed by atoms with Crippen LogP contribution in [0.3, 0.4) is 0 Å². The maximum atomic E-state index is 10.8. The van der Waals surface area contributed by atoms with E-state index in [0.29, 0.717) is 6.42 Å². The predicted octanol–water partition coefficient (Wildman–Crippen LogP) is 2.13.